The van der Waals surface area contributed by atoms with Crippen molar-refractivity contribution in [1.29, 1.82) is 0 Å². The van der Waals surface area contributed by atoms with Gasteiger partial charge in [-0.2, -0.15) is 0 Å². The zero-order chi connectivity index (χ0) is 6.69. The van der Waals surface area contributed by atoms with Crippen molar-refractivity contribution in [3.05, 3.63) is 0 Å². The van der Waals surface area contributed by atoms with Gasteiger partial charge >= 0.3 is 67.9 Å². The van der Waals surface area contributed by atoms with Gasteiger partial charge in [0.1, 0.15) is 0 Å². The minimum atomic E-state index is 0.540. The van der Waals surface area contributed by atoms with E-state index < -0.39 is 0 Å². The van der Waals surface area contributed by atoms with Crippen LogP contribution < -0.4 is 21.2 Å². The molecule has 1 saturated heterocycles. The molecular weight excluding hydrogens is 225 g/mol. The van der Waals surface area contributed by atoms with Gasteiger partial charge in [-0.05, 0) is 0 Å². The molecule has 0 aromatic carbocycles. The number of halogens is 1. The molecule has 1 aliphatic rings. The molecule has 0 radical (unpaired) electrons. The first-order valence-electron chi connectivity index (χ1n) is 3.49. The Morgan fingerprint density at radius 2 is 1.89 bits per heavy atom. The van der Waals surface area contributed by atoms with Gasteiger partial charge in [-0.15, -0.1) is 0 Å². The maximum atomic E-state index is 2.44. The number of hydrogen-bond acceptors (Lipinski definition) is 1. The summed E-state index contributed by atoms with van der Waals surface area (Å²) in [5.74, 6) is 0. The summed E-state index contributed by atoms with van der Waals surface area (Å²) in [5, 5.41) is 0. The second-order valence-electron chi connectivity index (χ2n) is 2.70. The molecule has 0 aromatic rings. The van der Waals surface area contributed by atoms with Crippen molar-refractivity contribution >= 4 is 0 Å². The van der Waals surface area contributed by atoms with Crippen molar-refractivity contribution in [3.63, 3.8) is 0 Å². The predicted octanol–water partition coefficient (Wildman–Crippen LogP) is -2.20. The second kappa shape index (κ2) is 3.76. The molecular formula is C7H15IN-. The summed E-state index contributed by atoms with van der Waals surface area (Å²) in [7, 11) is 2.23. The van der Waals surface area contributed by atoms with Gasteiger partial charge in [-0.3, -0.25) is 0 Å². The quantitative estimate of drug-likeness (QED) is 0.371. The fourth-order valence-electron chi connectivity index (χ4n) is 1.20. The van der Waals surface area contributed by atoms with Crippen LogP contribution in [-0.2, 0) is 0 Å². The normalized spacial score (nSPS) is 25.1. The summed E-state index contributed by atoms with van der Waals surface area (Å²) in [6.07, 6.45) is 2.94. The Hall–Kier alpha value is 0.690. The summed E-state index contributed by atoms with van der Waals surface area (Å²) in [5.41, 5.74) is 0. The van der Waals surface area contributed by atoms with Crippen LogP contribution in [-0.4, -0.2) is 33.9 Å². The summed E-state index contributed by atoms with van der Waals surface area (Å²) < 4.78 is 1.14. The molecule has 1 nitrogen and oxygen atoms in total. The molecule has 1 rings (SSSR count). The Bertz CT molecular complexity index is 77.0. The van der Waals surface area contributed by atoms with E-state index in [1.807, 2.05) is 0 Å². The van der Waals surface area contributed by atoms with Crippen LogP contribution in [0.5, 0.6) is 0 Å². The molecule has 2 heteroatoms. The molecule has 0 unspecified atom stereocenters. The average molecular weight is 240 g/mol. The number of alkyl halides is 2. The summed E-state index contributed by atoms with van der Waals surface area (Å²) >= 11 is 0.540. The van der Waals surface area contributed by atoms with E-state index in [0.29, 0.717) is 21.2 Å². The van der Waals surface area contributed by atoms with Crippen LogP contribution in [0.1, 0.15) is 12.8 Å². The molecule has 0 N–H and O–H groups in total. The topological polar surface area (TPSA) is 3.24 Å². The molecule has 56 valence electrons. The van der Waals surface area contributed by atoms with Crippen molar-refractivity contribution in [2.45, 2.75) is 16.8 Å². The van der Waals surface area contributed by atoms with Gasteiger partial charge in [-0.1, -0.05) is 0 Å². The van der Waals surface area contributed by atoms with E-state index in [4.69, 9.17) is 0 Å². The van der Waals surface area contributed by atoms with Crippen molar-refractivity contribution in [3.8, 4) is 0 Å². The van der Waals surface area contributed by atoms with Crippen LogP contribution in [0.25, 0.3) is 0 Å². The van der Waals surface area contributed by atoms with Gasteiger partial charge < -0.3 is 0 Å². The summed E-state index contributed by atoms with van der Waals surface area (Å²) in [6, 6.07) is 0. The Labute approximate surface area is 68.1 Å². The number of likely N-dealkylation sites (tertiary alicyclic amines) is 1. The van der Waals surface area contributed by atoms with Crippen molar-refractivity contribution in [2.24, 2.45) is 0 Å². The molecule has 0 amide bonds. The summed E-state index contributed by atoms with van der Waals surface area (Å²) in [6.45, 7) is 2.69. The fraction of sp³-hybridized carbons (Fsp3) is 1.00. The fourth-order valence-corrected chi connectivity index (χ4v) is 3.00. The third-order valence-corrected chi connectivity index (χ3v) is 4.96. The van der Waals surface area contributed by atoms with Crippen LogP contribution in [0.3, 0.4) is 0 Å². The van der Waals surface area contributed by atoms with Gasteiger partial charge in [0.2, 0.25) is 0 Å². The molecule has 1 aliphatic heterocycles. The van der Waals surface area contributed by atoms with E-state index in [2.05, 4.69) is 16.9 Å². The molecule has 9 heavy (non-hydrogen) atoms. The molecule has 0 spiro atoms. The Balaban J connectivity index is 2.18. The SMILES string of the molecule is C[I-]C1CCN(C)CC1. The van der Waals surface area contributed by atoms with E-state index in [1.165, 1.54) is 25.9 Å². The monoisotopic (exact) mass is 240 g/mol. The Morgan fingerprint density at radius 1 is 1.33 bits per heavy atom. The average Bonchev–Trinajstić information content (AvgIpc) is 1.90. The van der Waals surface area contributed by atoms with Crippen LogP contribution in [0.2, 0.25) is 0 Å². The van der Waals surface area contributed by atoms with Crippen molar-refractivity contribution in [1.82, 2.24) is 4.90 Å². The number of rotatable bonds is 1. The molecule has 0 aromatic heterocycles. The first kappa shape index (κ1) is 7.79. The van der Waals surface area contributed by atoms with Gasteiger partial charge in [-0.25, -0.2) is 0 Å². The first-order chi connectivity index (χ1) is 4.33. The predicted molar refractivity (Wildman–Crippen MR) is 36.4 cm³/mol. The van der Waals surface area contributed by atoms with E-state index in [-0.39, 0.29) is 0 Å². The zero-order valence-corrected chi connectivity index (χ0v) is 8.39. The first-order valence-corrected chi connectivity index (χ1v) is 6.90. The van der Waals surface area contributed by atoms with E-state index in [9.17, 15) is 0 Å². The molecule has 1 fully saturated rings. The molecule has 0 saturated carbocycles. The minimum absolute atomic E-state index is 0.540. The number of hydrogen-bond donors (Lipinski definition) is 0. The van der Waals surface area contributed by atoms with Crippen LogP contribution in [0.15, 0.2) is 0 Å². The number of piperidine rings is 1. The van der Waals surface area contributed by atoms with E-state index in [0.717, 1.165) is 3.92 Å². The van der Waals surface area contributed by atoms with E-state index >= 15 is 0 Å². The molecule has 0 bridgehead atoms. The van der Waals surface area contributed by atoms with Crippen LogP contribution >= 0.6 is 0 Å². The molecule has 0 aliphatic carbocycles. The molecule has 1 heterocycles. The number of nitrogens with zero attached hydrogens (tertiary/aromatic N) is 1. The third-order valence-electron chi connectivity index (χ3n) is 1.96. The van der Waals surface area contributed by atoms with E-state index in [1.54, 1.807) is 0 Å². The van der Waals surface area contributed by atoms with Crippen LogP contribution in [0.4, 0.5) is 0 Å². The van der Waals surface area contributed by atoms with Gasteiger partial charge in [0.25, 0.3) is 0 Å². The zero-order valence-electron chi connectivity index (χ0n) is 6.23. The second-order valence-corrected chi connectivity index (χ2v) is 5.70. The Kier molecular flexibility index (Phi) is 3.26. The van der Waals surface area contributed by atoms with Crippen molar-refractivity contribution < 1.29 is 21.2 Å². The maximum absolute atomic E-state index is 2.44. The summed E-state index contributed by atoms with van der Waals surface area (Å²) in [4.78, 5) is 4.85. The Morgan fingerprint density at radius 3 is 2.33 bits per heavy atom. The van der Waals surface area contributed by atoms with Gasteiger partial charge in [0, 0.05) is 0 Å². The van der Waals surface area contributed by atoms with Gasteiger partial charge in [0.15, 0.2) is 0 Å². The standard InChI is InChI=1S/C7H15IN/c1-8-7-3-5-9(2)6-4-7/h7H,3-6H2,1-2H3/q-1. The molecule has 0 atom stereocenters. The van der Waals surface area contributed by atoms with Crippen molar-refractivity contribution in [2.75, 3.05) is 25.1 Å². The van der Waals surface area contributed by atoms with Gasteiger partial charge in [0.05, 0.1) is 0 Å². The third kappa shape index (κ3) is 2.42. The van der Waals surface area contributed by atoms with Crippen LogP contribution in [0, 0.1) is 0 Å².